The molecule has 1 amide bonds. The highest BCUT2D eigenvalue weighted by molar-refractivity contribution is 6.31. The predicted molar refractivity (Wildman–Crippen MR) is 80.1 cm³/mol. The molecule has 0 saturated heterocycles. The molecule has 2 aromatic rings. The number of aryl methyl sites for hydroxylation is 1. The molecule has 104 valence electrons. The number of nitrogens with one attached hydrogen (secondary N) is 2. The van der Waals surface area contributed by atoms with Crippen molar-refractivity contribution < 1.29 is 9.18 Å². The van der Waals surface area contributed by atoms with Crippen LogP contribution in [0.2, 0.25) is 5.02 Å². The molecule has 0 heterocycles. The summed E-state index contributed by atoms with van der Waals surface area (Å²) in [6.07, 6.45) is 0. The van der Waals surface area contributed by atoms with Gasteiger partial charge in [0.1, 0.15) is 5.82 Å². The molecule has 0 saturated carbocycles. The van der Waals surface area contributed by atoms with Gasteiger partial charge in [0, 0.05) is 23.3 Å². The van der Waals surface area contributed by atoms with Gasteiger partial charge in [0.25, 0.3) is 5.91 Å². The first-order valence-electron chi connectivity index (χ1n) is 6.06. The number of amides is 1. The Balaban J connectivity index is 2.24. The lowest BCUT2D eigenvalue weighted by molar-refractivity contribution is 0.102. The van der Waals surface area contributed by atoms with Crippen LogP contribution in [-0.4, -0.2) is 13.0 Å². The van der Waals surface area contributed by atoms with Gasteiger partial charge in [0.2, 0.25) is 0 Å². The van der Waals surface area contributed by atoms with E-state index >= 15 is 0 Å². The molecule has 3 nitrogen and oxygen atoms in total. The minimum absolute atomic E-state index is 0.0675. The van der Waals surface area contributed by atoms with Gasteiger partial charge in [0.05, 0.1) is 5.69 Å². The van der Waals surface area contributed by atoms with Crippen molar-refractivity contribution in [1.29, 1.82) is 0 Å². The highest BCUT2D eigenvalue weighted by Gasteiger charge is 2.11. The van der Waals surface area contributed by atoms with Crippen LogP contribution in [0.4, 0.5) is 15.8 Å². The molecule has 2 aromatic carbocycles. The van der Waals surface area contributed by atoms with Crippen molar-refractivity contribution in [3.63, 3.8) is 0 Å². The van der Waals surface area contributed by atoms with Crippen LogP contribution in [0, 0.1) is 12.7 Å². The fraction of sp³-hybridized carbons (Fsp3) is 0.133. The van der Waals surface area contributed by atoms with Gasteiger partial charge in [-0.25, -0.2) is 4.39 Å². The second kappa shape index (κ2) is 5.92. The number of anilines is 2. The molecular formula is C15H14ClFN2O. The van der Waals surface area contributed by atoms with Crippen LogP contribution >= 0.6 is 11.6 Å². The molecule has 0 aromatic heterocycles. The Kier molecular flexibility index (Phi) is 4.25. The van der Waals surface area contributed by atoms with Gasteiger partial charge in [-0.1, -0.05) is 11.6 Å². The summed E-state index contributed by atoms with van der Waals surface area (Å²) in [6, 6.07) is 9.24. The van der Waals surface area contributed by atoms with E-state index in [9.17, 15) is 9.18 Å². The quantitative estimate of drug-likeness (QED) is 0.895. The van der Waals surface area contributed by atoms with E-state index in [0.717, 1.165) is 11.3 Å². The molecule has 0 fully saturated rings. The lowest BCUT2D eigenvalue weighted by Gasteiger charge is -2.09. The van der Waals surface area contributed by atoms with Crippen LogP contribution in [0.1, 0.15) is 15.9 Å². The minimum Gasteiger partial charge on any atom is -0.388 e. The normalized spacial score (nSPS) is 10.2. The van der Waals surface area contributed by atoms with E-state index in [1.807, 2.05) is 14.0 Å². The zero-order valence-corrected chi connectivity index (χ0v) is 11.9. The Hall–Kier alpha value is -2.07. The van der Waals surface area contributed by atoms with Crippen LogP contribution in [0.5, 0.6) is 0 Å². The summed E-state index contributed by atoms with van der Waals surface area (Å²) in [7, 11) is 1.81. The van der Waals surface area contributed by atoms with E-state index in [4.69, 9.17) is 11.6 Å². The van der Waals surface area contributed by atoms with Crippen LogP contribution in [-0.2, 0) is 0 Å². The van der Waals surface area contributed by atoms with Crippen molar-refractivity contribution in [3.05, 3.63) is 58.4 Å². The number of carbonyl (C=O) groups is 1. The third-order valence-electron chi connectivity index (χ3n) is 2.93. The molecule has 20 heavy (non-hydrogen) atoms. The van der Waals surface area contributed by atoms with Crippen LogP contribution < -0.4 is 10.6 Å². The summed E-state index contributed by atoms with van der Waals surface area (Å²) < 4.78 is 13.6. The van der Waals surface area contributed by atoms with Gasteiger partial charge < -0.3 is 10.6 Å². The molecule has 0 atom stereocenters. The second-order valence-electron chi connectivity index (χ2n) is 4.36. The maximum Gasteiger partial charge on any atom is 0.255 e. The van der Waals surface area contributed by atoms with Crippen molar-refractivity contribution in [2.24, 2.45) is 0 Å². The summed E-state index contributed by atoms with van der Waals surface area (Å²) >= 11 is 5.78. The lowest BCUT2D eigenvalue weighted by Crippen LogP contribution is -2.13. The molecule has 2 rings (SSSR count). The topological polar surface area (TPSA) is 41.1 Å². The molecule has 0 unspecified atom stereocenters. The van der Waals surface area contributed by atoms with Crippen molar-refractivity contribution in [1.82, 2.24) is 0 Å². The third-order valence-corrected chi connectivity index (χ3v) is 3.17. The van der Waals surface area contributed by atoms with Crippen molar-refractivity contribution in [3.8, 4) is 0 Å². The van der Waals surface area contributed by atoms with E-state index in [-0.39, 0.29) is 11.6 Å². The average Bonchev–Trinajstić information content (AvgIpc) is 2.42. The Labute approximate surface area is 121 Å². The number of hydrogen-bond acceptors (Lipinski definition) is 2. The molecule has 5 heteroatoms. The monoisotopic (exact) mass is 292 g/mol. The minimum atomic E-state index is -0.522. The average molecular weight is 293 g/mol. The summed E-state index contributed by atoms with van der Waals surface area (Å²) in [5.74, 6) is -0.900. The molecule has 2 N–H and O–H groups in total. The molecule has 0 aliphatic rings. The van der Waals surface area contributed by atoms with E-state index < -0.39 is 5.82 Å². The standard InChI is InChI=1S/C15H14ClFN2O/c1-9-7-10(3-6-13(9)18-2)15(20)19-14-8-11(16)4-5-12(14)17/h3-8,18H,1-2H3,(H,19,20). The number of carbonyl (C=O) groups excluding carboxylic acids is 1. The van der Waals surface area contributed by atoms with Gasteiger partial charge in [-0.3, -0.25) is 4.79 Å². The molecule has 0 bridgehead atoms. The van der Waals surface area contributed by atoms with E-state index in [0.29, 0.717) is 10.6 Å². The molecule has 0 aliphatic heterocycles. The van der Waals surface area contributed by atoms with Gasteiger partial charge in [0.15, 0.2) is 0 Å². The molecule has 0 radical (unpaired) electrons. The molecule has 0 spiro atoms. The largest absolute Gasteiger partial charge is 0.388 e. The maximum absolute atomic E-state index is 13.6. The Morgan fingerprint density at radius 1 is 1.15 bits per heavy atom. The molecular weight excluding hydrogens is 279 g/mol. The lowest BCUT2D eigenvalue weighted by atomic mass is 10.1. The van der Waals surface area contributed by atoms with E-state index in [1.165, 1.54) is 18.2 Å². The number of halogens is 2. The summed E-state index contributed by atoms with van der Waals surface area (Å²) in [4.78, 5) is 12.1. The summed E-state index contributed by atoms with van der Waals surface area (Å²) in [5.41, 5.74) is 2.40. The molecule has 0 aliphatic carbocycles. The zero-order valence-electron chi connectivity index (χ0n) is 11.1. The Morgan fingerprint density at radius 3 is 2.55 bits per heavy atom. The maximum atomic E-state index is 13.6. The van der Waals surface area contributed by atoms with Gasteiger partial charge in [-0.05, 0) is 48.9 Å². The predicted octanol–water partition coefficient (Wildman–Crippen LogP) is 4.08. The van der Waals surface area contributed by atoms with E-state index in [2.05, 4.69) is 10.6 Å². The van der Waals surface area contributed by atoms with Crippen LogP contribution in [0.25, 0.3) is 0 Å². The highest BCUT2D eigenvalue weighted by atomic mass is 35.5. The fourth-order valence-corrected chi connectivity index (χ4v) is 2.05. The smallest absolute Gasteiger partial charge is 0.255 e. The van der Waals surface area contributed by atoms with Crippen molar-refractivity contribution in [2.75, 3.05) is 17.7 Å². The van der Waals surface area contributed by atoms with E-state index in [1.54, 1.807) is 18.2 Å². The second-order valence-corrected chi connectivity index (χ2v) is 4.79. The Morgan fingerprint density at radius 2 is 1.90 bits per heavy atom. The van der Waals surface area contributed by atoms with Crippen LogP contribution in [0.3, 0.4) is 0 Å². The number of hydrogen-bond donors (Lipinski definition) is 2. The SMILES string of the molecule is CNc1ccc(C(=O)Nc2cc(Cl)ccc2F)cc1C. The van der Waals surface area contributed by atoms with Crippen LogP contribution in [0.15, 0.2) is 36.4 Å². The summed E-state index contributed by atoms with van der Waals surface area (Å²) in [6.45, 7) is 1.89. The third kappa shape index (κ3) is 3.08. The number of benzene rings is 2. The number of rotatable bonds is 3. The zero-order chi connectivity index (χ0) is 14.7. The first-order chi connectivity index (χ1) is 9.51. The van der Waals surface area contributed by atoms with Gasteiger partial charge in [-0.2, -0.15) is 0 Å². The first kappa shape index (κ1) is 14.3. The Bertz CT molecular complexity index is 658. The van der Waals surface area contributed by atoms with Crippen molar-refractivity contribution >= 4 is 28.9 Å². The van der Waals surface area contributed by atoms with Gasteiger partial charge >= 0.3 is 0 Å². The van der Waals surface area contributed by atoms with Gasteiger partial charge in [-0.15, -0.1) is 0 Å². The van der Waals surface area contributed by atoms with Crippen molar-refractivity contribution in [2.45, 2.75) is 6.92 Å². The fourth-order valence-electron chi connectivity index (χ4n) is 1.87. The summed E-state index contributed by atoms with van der Waals surface area (Å²) in [5, 5.41) is 5.90. The highest BCUT2D eigenvalue weighted by Crippen LogP contribution is 2.21. The first-order valence-corrected chi connectivity index (χ1v) is 6.44.